The molecule has 2 aliphatic rings. The minimum Gasteiger partial charge on any atom is -0.370 e. The minimum absolute atomic E-state index is 0.173. The van der Waals surface area contributed by atoms with Crippen molar-refractivity contribution in [3.05, 3.63) is 46.2 Å². The number of anilines is 1. The molecule has 0 bridgehead atoms. The molecule has 6 heteroatoms. The summed E-state index contributed by atoms with van der Waals surface area (Å²) in [6, 6.07) is 7.54. The second-order valence-electron chi connectivity index (χ2n) is 7.16. The highest BCUT2D eigenvalue weighted by Gasteiger charge is 2.56. The Hall–Kier alpha value is -1.97. The molecular weight excluding hydrogens is 335 g/mol. The Morgan fingerprint density at radius 1 is 1.44 bits per heavy atom. The highest BCUT2D eigenvalue weighted by Crippen LogP contribution is 2.56. The van der Waals surface area contributed by atoms with Crippen LogP contribution in [0, 0.1) is 22.6 Å². The Bertz CT molecular complexity index is 790. The third-order valence-corrected chi connectivity index (χ3v) is 6.51. The first-order valence-corrected chi connectivity index (χ1v) is 9.53. The first-order valence-electron chi connectivity index (χ1n) is 8.65. The van der Waals surface area contributed by atoms with Crippen molar-refractivity contribution >= 4 is 17.0 Å². The van der Waals surface area contributed by atoms with Crippen LogP contribution in [0.5, 0.6) is 0 Å². The van der Waals surface area contributed by atoms with Crippen molar-refractivity contribution in [2.24, 2.45) is 5.41 Å². The summed E-state index contributed by atoms with van der Waals surface area (Å²) in [5, 5.41) is 12.4. The maximum absolute atomic E-state index is 13.9. The molecule has 4 rings (SSSR count). The van der Waals surface area contributed by atoms with Gasteiger partial charge in [0.2, 0.25) is 0 Å². The van der Waals surface area contributed by atoms with Gasteiger partial charge in [-0.3, -0.25) is 4.90 Å². The van der Waals surface area contributed by atoms with Gasteiger partial charge in [0, 0.05) is 30.7 Å². The van der Waals surface area contributed by atoms with E-state index < -0.39 is 5.82 Å². The molecule has 1 aliphatic heterocycles. The topological polar surface area (TPSA) is 43.2 Å². The van der Waals surface area contributed by atoms with E-state index in [1.807, 2.05) is 23.7 Å². The third kappa shape index (κ3) is 3.03. The highest BCUT2D eigenvalue weighted by atomic mass is 32.1. The van der Waals surface area contributed by atoms with Crippen molar-refractivity contribution in [2.75, 3.05) is 25.0 Å². The zero-order chi connectivity index (χ0) is 17.4. The van der Waals surface area contributed by atoms with Crippen molar-refractivity contribution in [3.63, 3.8) is 0 Å². The molecule has 0 unspecified atom stereocenters. The Kier molecular flexibility index (Phi) is 4.22. The molecule has 1 aliphatic carbocycles. The number of halogens is 1. The van der Waals surface area contributed by atoms with Crippen LogP contribution in [0.3, 0.4) is 0 Å². The smallest absolute Gasteiger partial charge is 0.143 e. The normalized spacial score (nSPS) is 21.5. The van der Waals surface area contributed by atoms with E-state index in [1.165, 1.54) is 17.5 Å². The summed E-state index contributed by atoms with van der Waals surface area (Å²) in [4.78, 5) is 8.98. The van der Waals surface area contributed by atoms with Crippen molar-refractivity contribution in [1.82, 2.24) is 9.88 Å². The number of rotatable bonds is 4. The average Bonchev–Trinajstić information content (AvgIpc) is 3.07. The van der Waals surface area contributed by atoms with Gasteiger partial charge in [-0.05, 0) is 43.9 Å². The Labute approximate surface area is 151 Å². The van der Waals surface area contributed by atoms with Crippen LogP contribution in [0.25, 0.3) is 0 Å². The van der Waals surface area contributed by atoms with Gasteiger partial charge >= 0.3 is 0 Å². The molecule has 130 valence electrons. The number of nitrogens with zero attached hydrogens (tertiary/aromatic N) is 4. The van der Waals surface area contributed by atoms with Gasteiger partial charge in [0.25, 0.3) is 0 Å². The number of thiazole rings is 1. The predicted molar refractivity (Wildman–Crippen MR) is 97.0 cm³/mol. The zero-order valence-corrected chi connectivity index (χ0v) is 15.1. The fraction of sp³-hybridized carbons (Fsp3) is 0.474. The lowest BCUT2D eigenvalue weighted by Crippen LogP contribution is -2.38. The molecule has 2 heterocycles. The van der Waals surface area contributed by atoms with Crippen LogP contribution in [0.2, 0.25) is 0 Å². The predicted octanol–water partition coefficient (Wildman–Crippen LogP) is 3.64. The number of hydrogen-bond donors (Lipinski definition) is 0. The van der Waals surface area contributed by atoms with Gasteiger partial charge in [-0.25, -0.2) is 9.37 Å². The molecule has 1 saturated carbocycles. The largest absolute Gasteiger partial charge is 0.370 e. The Morgan fingerprint density at radius 3 is 2.92 bits per heavy atom. The summed E-state index contributed by atoms with van der Waals surface area (Å²) in [7, 11) is 2.19. The summed E-state index contributed by atoms with van der Waals surface area (Å²) >= 11 is 1.71. The summed E-state index contributed by atoms with van der Waals surface area (Å²) < 4.78 is 13.9. The lowest BCUT2D eigenvalue weighted by atomic mass is 9.91. The van der Waals surface area contributed by atoms with E-state index in [4.69, 9.17) is 0 Å². The second-order valence-corrected chi connectivity index (χ2v) is 8.14. The highest BCUT2D eigenvalue weighted by molar-refractivity contribution is 7.09. The van der Waals surface area contributed by atoms with Crippen LogP contribution >= 0.6 is 11.3 Å². The summed E-state index contributed by atoms with van der Waals surface area (Å²) in [5.41, 5.74) is 1.31. The van der Waals surface area contributed by atoms with E-state index in [0.29, 0.717) is 11.5 Å². The molecule has 0 amide bonds. The third-order valence-electron chi connectivity index (χ3n) is 5.75. The van der Waals surface area contributed by atoms with Crippen LogP contribution in [-0.2, 0) is 6.54 Å². The zero-order valence-electron chi connectivity index (χ0n) is 14.3. The van der Waals surface area contributed by atoms with Crippen LogP contribution < -0.4 is 4.90 Å². The lowest BCUT2D eigenvalue weighted by molar-refractivity contribution is 0.239. The molecule has 1 spiro atoms. The molecule has 0 radical (unpaired) electrons. The summed E-state index contributed by atoms with van der Waals surface area (Å²) in [6.07, 6.45) is 5.29. The van der Waals surface area contributed by atoms with Gasteiger partial charge in [0.1, 0.15) is 22.5 Å². The number of aromatic nitrogens is 1. The Balaban J connectivity index is 1.40. The molecule has 2 aromatic rings. The number of piperidine rings is 1. The molecule has 1 aromatic carbocycles. The van der Waals surface area contributed by atoms with E-state index in [2.05, 4.69) is 21.8 Å². The van der Waals surface area contributed by atoms with Gasteiger partial charge in [0.05, 0.1) is 12.2 Å². The summed E-state index contributed by atoms with van der Waals surface area (Å²) in [6.45, 7) is 2.69. The molecule has 1 saturated heterocycles. The second kappa shape index (κ2) is 6.40. The lowest BCUT2D eigenvalue weighted by Gasteiger charge is -2.36. The summed E-state index contributed by atoms with van der Waals surface area (Å²) in [5.74, 6) is -0.423. The molecule has 1 atom stereocenters. The van der Waals surface area contributed by atoms with E-state index >= 15 is 0 Å². The van der Waals surface area contributed by atoms with Gasteiger partial charge in [-0.1, -0.05) is 6.07 Å². The molecule has 1 aromatic heterocycles. The first kappa shape index (κ1) is 16.5. The first-order chi connectivity index (χ1) is 12.1. The standard InChI is InChI=1S/C19H21FN4S/c1-23(13-18-22-7-10-25-18)17-11-19(17)5-8-24(9-6-19)16-4-2-3-15(20)14(16)12-21/h2-4,7,10,17H,5-6,8-9,11,13H2,1H3/t17-/m1/s1. The van der Waals surface area contributed by atoms with Gasteiger partial charge < -0.3 is 4.90 Å². The van der Waals surface area contributed by atoms with E-state index in [0.717, 1.165) is 38.2 Å². The van der Waals surface area contributed by atoms with Gasteiger partial charge in [0.15, 0.2) is 0 Å². The number of nitriles is 1. The fourth-order valence-electron chi connectivity index (χ4n) is 4.22. The van der Waals surface area contributed by atoms with Crippen LogP contribution in [-0.4, -0.2) is 36.1 Å². The van der Waals surface area contributed by atoms with Crippen LogP contribution in [0.4, 0.5) is 10.1 Å². The minimum atomic E-state index is -0.423. The number of benzene rings is 1. The molecule has 0 N–H and O–H groups in total. The van der Waals surface area contributed by atoms with Gasteiger partial charge in [-0.15, -0.1) is 11.3 Å². The van der Waals surface area contributed by atoms with E-state index in [1.54, 1.807) is 17.4 Å². The quantitative estimate of drug-likeness (QED) is 0.839. The Morgan fingerprint density at radius 2 is 2.24 bits per heavy atom. The van der Waals surface area contributed by atoms with Crippen LogP contribution in [0.1, 0.15) is 29.8 Å². The maximum Gasteiger partial charge on any atom is 0.143 e. The number of hydrogen-bond acceptors (Lipinski definition) is 5. The van der Waals surface area contributed by atoms with E-state index in [9.17, 15) is 9.65 Å². The van der Waals surface area contributed by atoms with Crippen molar-refractivity contribution in [2.45, 2.75) is 31.8 Å². The SMILES string of the molecule is CN(Cc1nccs1)[C@@H]1CC12CCN(c1cccc(F)c1C#N)CC2. The van der Waals surface area contributed by atoms with Gasteiger partial charge in [-0.2, -0.15) is 5.26 Å². The van der Waals surface area contributed by atoms with E-state index in [-0.39, 0.29) is 5.56 Å². The average molecular weight is 356 g/mol. The van der Waals surface area contributed by atoms with Crippen molar-refractivity contribution in [1.29, 1.82) is 5.26 Å². The fourth-order valence-corrected chi connectivity index (χ4v) is 4.90. The van der Waals surface area contributed by atoms with Crippen LogP contribution in [0.15, 0.2) is 29.8 Å². The monoisotopic (exact) mass is 356 g/mol. The van der Waals surface area contributed by atoms with Crippen molar-refractivity contribution < 1.29 is 4.39 Å². The molecule has 4 nitrogen and oxygen atoms in total. The molecular formula is C19H21FN4S. The maximum atomic E-state index is 13.9. The molecule has 25 heavy (non-hydrogen) atoms. The molecule has 2 fully saturated rings. The van der Waals surface area contributed by atoms with Crippen molar-refractivity contribution in [3.8, 4) is 6.07 Å².